The van der Waals surface area contributed by atoms with Crippen LogP contribution in [-0.4, -0.2) is 16.8 Å². The Morgan fingerprint density at radius 2 is 1.90 bits per heavy atom. The molecule has 1 amide bonds. The van der Waals surface area contributed by atoms with Crippen LogP contribution in [0.4, 0.5) is 23.7 Å². The van der Waals surface area contributed by atoms with Crippen LogP contribution in [-0.2, 0) is 17.5 Å². The highest BCUT2D eigenvalue weighted by Gasteiger charge is 2.35. The van der Waals surface area contributed by atoms with Crippen molar-refractivity contribution in [1.82, 2.24) is 0 Å². The van der Waals surface area contributed by atoms with E-state index in [9.17, 15) is 18.0 Å². The summed E-state index contributed by atoms with van der Waals surface area (Å²) in [4.78, 5) is 11.6. The Morgan fingerprint density at radius 3 is 2.35 bits per heavy atom. The molecule has 0 fully saturated rings. The van der Waals surface area contributed by atoms with Crippen LogP contribution in [0.3, 0.4) is 0 Å². The molecule has 112 valence electrons. The zero-order chi connectivity index (χ0) is 15.6. The fourth-order valence-electron chi connectivity index (χ4n) is 1.52. The van der Waals surface area contributed by atoms with E-state index in [1.54, 1.807) is 20.8 Å². The average molecular weight is 291 g/mol. The molecule has 0 aliphatic heterocycles. The molecule has 0 saturated heterocycles. The van der Waals surface area contributed by atoms with Gasteiger partial charge in [-0.2, -0.15) is 13.2 Å². The van der Waals surface area contributed by atoms with Crippen LogP contribution in [0.5, 0.6) is 0 Å². The minimum atomic E-state index is -4.64. The minimum absolute atomic E-state index is 0.0364. The number of aliphatic hydroxyl groups is 1. The van der Waals surface area contributed by atoms with Gasteiger partial charge in [-0.3, -0.25) is 5.32 Å². The van der Waals surface area contributed by atoms with Crippen molar-refractivity contribution in [1.29, 1.82) is 0 Å². The zero-order valence-corrected chi connectivity index (χ0v) is 11.3. The Balaban J connectivity index is 3.12. The SMILES string of the molecule is CC(C)(C)OC(=O)Nc1c(CO)cccc1C(F)(F)F. The summed E-state index contributed by atoms with van der Waals surface area (Å²) in [5, 5.41) is 11.1. The molecule has 4 nitrogen and oxygen atoms in total. The number of alkyl halides is 3. The Kier molecular flexibility index (Phi) is 4.65. The fraction of sp³-hybridized carbons (Fsp3) is 0.462. The average Bonchev–Trinajstić information content (AvgIpc) is 2.25. The van der Waals surface area contributed by atoms with E-state index in [-0.39, 0.29) is 5.56 Å². The summed E-state index contributed by atoms with van der Waals surface area (Å²) in [5.41, 5.74) is -2.39. The number of ether oxygens (including phenoxy) is 1. The summed E-state index contributed by atoms with van der Waals surface area (Å²) in [5.74, 6) is 0. The number of rotatable bonds is 2. The first-order valence-electron chi connectivity index (χ1n) is 5.84. The van der Waals surface area contributed by atoms with Crippen molar-refractivity contribution in [3.8, 4) is 0 Å². The van der Waals surface area contributed by atoms with Crippen LogP contribution in [0, 0.1) is 0 Å². The third kappa shape index (κ3) is 4.41. The molecule has 0 radical (unpaired) electrons. The monoisotopic (exact) mass is 291 g/mol. The van der Waals surface area contributed by atoms with Gasteiger partial charge in [0, 0.05) is 5.56 Å². The second kappa shape index (κ2) is 5.70. The van der Waals surface area contributed by atoms with Crippen molar-refractivity contribution in [3.63, 3.8) is 0 Å². The normalized spacial score (nSPS) is 12.2. The van der Waals surface area contributed by atoms with E-state index < -0.39 is 35.7 Å². The maximum atomic E-state index is 12.9. The number of anilines is 1. The maximum Gasteiger partial charge on any atom is 0.418 e. The summed E-state index contributed by atoms with van der Waals surface area (Å²) in [7, 11) is 0. The van der Waals surface area contributed by atoms with E-state index in [2.05, 4.69) is 5.32 Å². The predicted molar refractivity (Wildman–Crippen MR) is 67.2 cm³/mol. The molecule has 0 aromatic heterocycles. The molecule has 0 heterocycles. The molecule has 1 rings (SSSR count). The van der Waals surface area contributed by atoms with Gasteiger partial charge < -0.3 is 9.84 Å². The highest BCUT2D eigenvalue weighted by Crippen LogP contribution is 2.36. The van der Waals surface area contributed by atoms with Gasteiger partial charge in [0.15, 0.2) is 0 Å². The Morgan fingerprint density at radius 1 is 1.30 bits per heavy atom. The lowest BCUT2D eigenvalue weighted by Crippen LogP contribution is -2.28. The van der Waals surface area contributed by atoms with Crippen LogP contribution in [0.25, 0.3) is 0 Å². The maximum absolute atomic E-state index is 12.9. The fourth-order valence-corrected chi connectivity index (χ4v) is 1.52. The standard InChI is InChI=1S/C13H16F3NO3/c1-12(2,3)20-11(19)17-10-8(7-18)5-4-6-9(10)13(14,15)16/h4-6,18H,7H2,1-3H3,(H,17,19). The summed E-state index contributed by atoms with van der Waals surface area (Å²) in [6, 6.07) is 3.28. The second-order valence-corrected chi connectivity index (χ2v) is 5.12. The first-order valence-corrected chi connectivity index (χ1v) is 5.84. The summed E-state index contributed by atoms with van der Waals surface area (Å²) in [6.07, 6.45) is -5.65. The summed E-state index contributed by atoms with van der Waals surface area (Å²) < 4.78 is 43.5. The highest BCUT2D eigenvalue weighted by atomic mass is 19.4. The summed E-state index contributed by atoms with van der Waals surface area (Å²) >= 11 is 0. The number of para-hydroxylation sites is 1. The van der Waals surface area contributed by atoms with E-state index in [0.717, 1.165) is 12.1 Å². The van der Waals surface area contributed by atoms with Gasteiger partial charge in [0.05, 0.1) is 17.9 Å². The molecular formula is C13H16F3NO3. The van der Waals surface area contributed by atoms with Gasteiger partial charge in [0.2, 0.25) is 0 Å². The van der Waals surface area contributed by atoms with Gasteiger partial charge >= 0.3 is 12.3 Å². The third-order valence-electron chi connectivity index (χ3n) is 2.25. The predicted octanol–water partition coefficient (Wildman–Crippen LogP) is 3.54. The van der Waals surface area contributed by atoms with Crippen LogP contribution in [0.1, 0.15) is 31.9 Å². The third-order valence-corrected chi connectivity index (χ3v) is 2.25. The molecule has 0 saturated carbocycles. The van der Waals surface area contributed by atoms with Crippen molar-refractivity contribution in [2.75, 3.05) is 5.32 Å². The first-order chi connectivity index (χ1) is 9.04. The largest absolute Gasteiger partial charge is 0.444 e. The van der Waals surface area contributed by atoms with Crippen LogP contribution in [0.2, 0.25) is 0 Å². The number of amides is 1. The van der Waals surface area contributed by atoms with Crippen molar-refractivity contribution < 1.29 is 27.8 Å². The van der Waals surface area contributed by atoms with E-state index in [4.69, 9.17) is 9.84 Å². The van der Waals surface area contributed by atoms with Crippen LogP contribution in [0.15, 0.2) is 18.2 Å². The molecule has 7 heteroatoms. The lowest BCUT2D eigenvalue weighted by atomic mass is 10.1. The van der Waals surface area contributed by atoms with Crippen molar-refractivity contribution >= 4 is 11.8 Å². The van der Waals surface area contributed by atoms with E-state index in [1.165, 1.54) is 6.07 Å². The molecule has 0 aliphatic rings. The van der Waals surface area contributed by atoms with Gasteiger partial charge in [0.25, 0.3) is 0 Å². The summed E-state index contributed by atoms with van der Waals surface area (Å²) in [6.45, 7) is 4.15. The molecule has 20 heavy (non-hydrogen) atoms. The number of carbonyl (C=O) groups excluding carboxylic acids is 1. The van der Waals surface area contributed by atoms with E-state index in [1.807, 2.05) is 0 Å². The van der Waals surface area contributed by atoms with Crippen molar-refractivity contribution in [2.45, 2.75) is 39.2 Å². The molecule has 0 aliphatic carbocycles. The molecule has 0 unspecified atom stereocenters. The number of nitrogens with one attached hydrogen (secondary N) is 1. The molecule has 2 N–H and O–H groups in total. The topological polar surface area (TPSA) is 58.6 Å². The van der Waals surface area contributed by atoms with Gasteiger partial charge in [-0.15, -0.1) is 0 Å². The van der Waals surface area contributed by atoms with Crippen molar-refractivity contribution in [2.24, 2.45) is 0 Å². The molecule has 0 bridgehead atoms. The smallest absolute Gasteiger partial charge is 0.418 e. The Bertz CT molecular complexity index is 493. The lowest BCUT2D eigenvalue weighted by Gasteiger charge is -2.22. The molecule has 1 aromatic rings. The van der Waals surface area contributed by atoms with Crippen LogP contribution < -0.4 is 5.32 Å². The van der Waals surface area contributed by atoms with E-state index in [0.29, 0.717) is 0 Å². The van der Waals surface area contributed by atoms with Crippen molar-refractivity contribution in [3.05, 3.63) is 29.3 Å². The number of carbonyl (C=O) groups is 1. The van der Waals surface area contributed by atoms with Gasteiger partial charge in [0.1, 0.15) is 5.60 Å². The molecule has 0 atom stereocenters. The molecular weight excluding hydrogens is 275 g/mol. The lowest BCUT2D eigenvalue weighted by molar-refractivity contribution is -0.137. The van der Waals surface area contributed by atoms with Gasteiger partial charge in [-0.25, -0.2) is 4.79 Å². The highest BCUT2D eigenvalue weighted by molar-refractivity contribution is 5.87. The zero-order valence-electron chi connectivity index (χ0n) is 11.3. The second-order valence-electron chi connectivity index (χ2n) is 5.12. The van der Waals surface area contributed by atoms with Gasteiger partial charge in [-0.1, -0.05) is 12.1 Å². The Hall–Kier alpha value is -1.76. The minimum Gasteiger partial charge on any atom is -0.444 e. The number of hydrogen-bond donors (Lipinski definition) is 2. The number of aliphatic hydroxyl groups excluding tert-OH is 1. The van der Waals surface area contributed by atoms with Gasteiger partial charge in [-0.05, 0) is 26.8 Å². The molecule has 0 spiro atoms. The quantitative estimate of drug-likeness (QED) is 0.876. The first kappa shape index (κ1) is 16.3. The van der Waals surface area contributed by atoms with E-state index >= 15 is 0 Å². The number of halogens is 3. The number of hydrogen-bond acceptors (Lipinski definition) is 3. The van der Waals surface area contributed by atoms with Crippen LogP contribution >= 0.6 is 0 Å². The Labute approximate surface area is 114 Å². The molecule has 1 aromatic carbocycles. The number of benzene rings is 1.